The fourth-order valence-corrected chi connectivity index (χ4v) is 9.53. The molecule has 0 saturated carbocycles. The molecule has 12 aromatic rings. The quantitative estimate of drug-likeness (QED) is 0.175. The zero-order chi connectivity index (χ0) is 40.6. The average Bonchev–Trinajstić information content (AvgIpc) is 3.99. The number of fused-ring (bicyclic) bond motifs is 10. The predicted molar refractivity (Wildman–Crippen MR) is 248 cm³/mol. The largest absolute Gasteiger partial charge is 0.456 e. The van der Waals surface area contributed by atoms with E-state index in [-0.39, 0.29) is 0 Å². The summed E-state index contributed by atoms with van der Waals surface area (Å²) in [4.78, 5) is 0. The van der Waals surface area contributed by atoms with Gasteiger partial charge in [-0.25, -0.2) is 0 Å². The second-order valence-electron chi connectivity index (χ2n) is 15.5. The highest BCUT2D eigenvalue weighted by Gasteiger charge is 2.25. The summed E-state index contributed by atoms with van der Waals surface area (Å²) in [5, 5.41) is 28.5. The monoisotopic (exact) mass is 776 g/mol. The van der Waals surface area contributed by atoms with Crippen molar-refractivity contribution in [1.82, 2.24) is 9.13 Å². The molecule has 282 valence electrons. The van der Waals surface area contributed by atoms with Gasteiger partial charge in [0.15, 0.2) is 0 Å². The Kier molecular flexibility index (Phi) is 7.59. The Morgan fingerprint density at radius 3 is 1.74 bits per heavy atom. The normalized spacial score (nSPS) is 11.6. The minimum Gasteiger partial charge on any atom is -0.456 e. The van der Waals surface area contributed by atoms with Crippen LogP contribution in [-0.2, 0) is 0 Å². The first-order valence-corrected chi connectivity index (χ1v) is 20.3. The van der Waals surface area contributed by atoms with Gasteiger partial charge in [-0.05, 0) is 89.0 Å². The molecule has 0 aliphatic rings. The van der Waals surface area contributed by atoms with E-state index >= 15 is 0 Å². The van der Waals surface area contributed by atoms with Crippen molar-refractivity contribution in [2.75, 3.05) is 0 Å². The number of furan rings is 1. The van der Waals surface area contributed by atoms with Crippen molar-refractivity contribution in [2.45, 2.75) is 0 Å². The number of nitriles is 2. The summed E-state index contributed by atoms with van der Waals surface area (Å²) in [5.74, 6) is 0. The maximum absolute atomic E-state index is 10.9. The van der Waals surface area contributed by atoms with Crippen molar-refractivity contribution in [3.63, 3.8) is 0 Å². The van der Waals surface area contributed by atoms with Gasteiger partial charge >= 0.3 is 0 Å². The lowest BCUT2D eigenvalue weighted by atomic mass is 9.89. The minimum atomic E-state index is 0.433. The molecule has 0 atom stereocenters. The summed E-state index contributed by atoms with van der Waals surface area (Å²) in [6.07, 6.45) is 0. The summed E-state index contributed by atoms with van der Waals surface area (Å²) >= 11 is 0. The Labute approximate surface area is 350 Å². The van der Waals surface area contributed by atoms with E-state index in [2.05, 4.69) is 155 Å². The van der Waals surface area contributed by atoms with Crippen LogP contribution >= 0.6 is 0 Å². The third kappa shape index (κ3) is 5.18. The first-order chi connectivity index (χ1) is 30.2. The molecule has 61 heavy (non-hydrogen) atoms. The van der Waals surface area contributed by atoms with Gasteiger partial charge in [0.05, 0.1) is 51.0 Å². The molecule has 5 heteroatoms. The maximum atomic E-state index is 10.9. The molecular weight excluding hydrogens is 745 g/mol. The first kappa shape index (κ1) is 34.4. The Hall–Kier alpha value is -8.64. The fraction of sp³-hybridized carbons (Fsp3) is 0. The van der Waals surface area contributed by atoms with Gasteiger partial charge in [-0.3, -0.25) is 0 Å². The lowest BCUT2D eigenvalue weighted by Gasteiger charge is -2.19. The highest BCUT2D eigenvalue weighted by molar-refractivity contribution is 6.26. The van der Waals surface area contributed by atoms with E-state index in [0.717, 1.165) is 99.4 Å². The molecule has 0 saturated heterocycles. The highest BCUT2D eigenvalue weighted by Crippen LogP contribution is 2.45. The van der Waals surface area contributed by atoms with Crippen LogP contribution < -0.4 is 0 Å². The maximum Gasteiger partial charge on any atom is 0.136 e. The predicted octanol–water partition coefficient (Wildman–Crippen LogP) is 14.5. The molecule has 0 unspecified atom stereocenters. The number of hydrogen-bond donors (Lipinski definition) is 0. The lowest BCUT2D eigenvalue weighted by molar-refractivity contribution is 0.669. The van der Waals surface area contributed by atoms with Crippen molar-refractivity contribution in [3.8, 4) is 56.9 Å². The second kappa shape index (κ2) is 13.5. The Morgan fingerprint density at radius 1 is 0.393 bits per heavy atom. The smallest absolute Gasteiger partial charge is 0.136 e. The van der Waals surface area contributed by atoms with Crippen LogP contribution in [0, 0.1) is 22.7 Å². The van der Waals surface area contributed by atoms with E-state index in [4.69, 9.17) is 4.42 Å². The van der Waals surface area contributed by atoms with E-state index in [1.807, 2.05) is 60.7 Å². The number of hydrogen-bond acceptors (Lipinski definition) is 3. The summed E-state index contributed by atoms with van der Waals surface area (Å²) in [6.45, 7) is 0. The van der Waals surface area contributed by atoms with Gasteiger partial charge in [0.25, 0.3) is 0 Å². The number of nitrogens with zero attached hydrogens (tertiary/aromatic N) is 4. The van der Waals surface area contributed by atoms with Crippen LogP contribution in [0.5, 0.6) is 0 Å². The van der Waals surface area contributed by atoms with E-state index in [1.165, 1.54) is 5.39 Å². The van der Waals surface area contributed by atoms with Gasteiger partial charge in [-0.15, -0.1) is 0 Å². The van der Waals surface area contributed by atoms with Gasteiger partial charge in [0.2, 0.25) is 0 Å². The average molecular weight is 777 g/mol. The molecule has 9 aromatic carbocycles. The molecule has 3 heterocycles. The van der Waals surface area contributed by atoms with E-state index < -0.39 is 0 Å². The van der Waals surface area contributed by atoms with Crippen LogP contribution in [0.4, 0.5) is 0 Å². The molecule has 0 aliphatic carbocycles. The van der Waals surface area contributed by atoms with Crippen molar-refractivity contribution in [1.29, 1.82) is 10.5 Å². The zero-order valence-corrected chi connectivity index (χ0v) is 32.7. The highest BCUT2D eigenvalue weighted by atomic mass is 16.3. The third-order valence-corrected chi connectivity index (χ3v) is 12.2. The van der Waals surface area contributed by atoms with Crippen LogP contribution in [-0.4, -0.2) is 9.13 Å². The molecule has 0 spiro atoms. The third-order valence-electron chi connectivity index (χ3n) is 12.2. The van der Waals surface area contributed by atoms with Gasteiger partial charge in [-0.2, -0.15) is 10.5 Å². The van der Waals surface area contributed by atoms with Crippen LogP contribution in [0.15, 0.2) is 199 Å². The molecule has 0 bridgehead atoms. The molecule has 0 fully saturated rings. The van der Waals surface area contributed by atoms with Gasteiger partial charge in [0, 0.05) is 49.1 Å². The molecular formula is C56H32N4O. The Morgan fingerprint density at radius 2 is 0.984 bits per heavy atom. The number of rotatable bonds is 5. The fourth-order valence-electron chi connectivity index (χ4n) is 9.53. The Balaban J connectivity index is 1.20. The molecule has 0 aliphatic heterocycles. The first-order valence-electron chi connectivity index (χ1n) is 20.3. The molecule has 3 aromatic heterocycles. The lowest BCUT2D eigenvalue weighted by Crippen LogP contribution is -2.01. The minimum absolute atomic E-state index is 0.433. The van der Waals surface area contributed by atoms with Crippen molar-refractivity contribution < 1.29 is 4.42 Å². The van der Waals surface area contributed by atoms with Gasteiger partial charge < -0.3 is 13.6 Å². The van der Waals surface area contributed by atoms with Crippen molar-refractivity contribution >= 4 is 65.6 Å². The zero-order valence-electron chi connectivity index (χ0n) is 32.7. The Bertz CT molecular complexity index is 3800. The van der Waals surface area contributed by atoms with E-state index in [1.54, 1.807) is 0 Å². The van der Waals surface area contributed by atoms with Gasteiger partial charge in [0.1, 0.15) is 11.2 Å². The van der Waals surface area contributed by atoms with Crippen molar-refractivity contribution in [3.05, 3.63) is 205 Å². The topological polar surface area (TPSA) is 70.6 Å². The number of para-hydroxylation sites is 4. The van der Waals surface area contributed by atoms with Crippen LogP contribution in [0.3, 0.4) is 0 Å². The number of benzene rings is 9. The van der Waals surface area contributed by atoms with Crippen LogP contribution in [0.2, 0.25) is 0 Å². The molecule has 0 N–H and O–H groups in total. The molecule has 12 rings (SSSR count). The van der Waals surface area contributed by atoms with E-state index in [9.17, 15) is 10.5 Å². The van der Waals surface area contributed by atoms with Crippen molar-refractivity contribution in [2.24, 2.45) is 0 Å². The molecule has 0 radical (unpaired) electrons. The summed E-state index contributed by atoms with van der Waals surface area (Å²) in [5.41, 5.74) is 13.9. The van der Waals surface area contributed by atoms with Gasteiger partial charge in [-0.1, -0.05) is 127 Å². The number of aromatic nitrogens is 2. The SMILES string of the molecule is N#Cc1cc(-c2ccccc2)cc(C#N)c1-c1ccc(-c2ccc3c(c2)oc2ccccc23)cc1-n1c2ccccc2c2c1ccc1c3ccccc3n(-c3ccccc3)c12. The summed E-state index contributed by atoms with van der Waals surface area (Å²) in [7, 11) is 0. The molecule has 5 nitrogen and oxygen atoms in total. The summed E-state index contributed by atoms with van der Waals surface area (Å²) in [6, 6.07) is 71.8. The van der Waals surface area contributed by atoms with Crippen LogP contribution in [0.25, 0.3) is 110 Å². The van der Waals surface area contributed by atoms with E-state index in [0.29, 0.717) is 16.7 Å². The van der Waals surface area contributed by atoms with Crippen LogP contribution in [0.1, 0.15) is 11.1 Å². The second-order valence-corrected chi connectivity index (χ2v) is 15.5. The molecule has 0 amide bonds. The standard InChI is InChI=1S/C56H32N4O/c57-33-39-29-38(35-13-3-1-4-14-35)30-40(34-58)54(39)47-26-24-36(37-23-25-44-43-18-9-12-22-52(43)61-53(44)32-37)31-51(47)60-49-21-11-8-19-46(49)55-50(60)28-27-45-42-17-7-10-20-48(42)59(56(45)55)41-15-5-2-6-16-41/h1-32H. The summed E-state index contributed by atoms with van der Waals surface area (Å²) < 4.78 is 11.1.